The van der Waals surface area contributed by atoms with E-state index in [1.807, 2.05) is 0 Å². The first-order valence-corrected chi connectivity index (χ1v) is 2.82. The van der Waals surface area contributed by atoms with Crippen molar-refractivity contribution in [2.24, 2.45) is 0 Å². The average Bonchev–Trinajstić information content (AvgIpc) is 1.64. The first-order chi connectivity index (χ1) is 3.98. The van der Waals surface area contributed by atoms with E-state index in [-0.39, 0.29) is 5.88 Å². The zero-order chi connectivity index (χ0) is 7.49. The van der Waals surface area contributed by atoms with Crippen molar-refractivity contribution in [1.29, 1.82) is 0 Å². The topological polar surface area (TPSA) is 20.2 Å². The maximum absolute atomic E-state index is 11.3. The Balaban J connectivity index is 3.59. The second-order valence-corrected chi connectivity index (χ2v) is 1.91. The predicted octanol–water partition coefficient (Wildman–Crippen LogP) is 1.54. The number of aliphatic hydroxyl groups excluding tert-OH is 1. The lowest BCUT2D eigenvalue weighted by molar-refractivity contribution is -0.203. The molecule has 0 saturated carbocycles. The number of alkyl halides is 4. The van der Waals surface area contributed by atoms with Gasteiger partial charge in [0.15, 0.2) is 6.10 Å². The summed E-state index contributed by atoms with van der Waals surface area (Å²) in [6.07, 6.45) is -7.23. The van der Waals surface area contributed by atoms with Gasteiger partial charge in [-0.15, -0.1) is 11.6 Å². The second-order valence-electron chi connectivity index (χ2n) is 1.54. The predicted molar refractivity (Wildman–Crippen MR) is 27.4 cm³/mol. The molecule has 0 fully saturated rings. The normalized spacial score (nSPS) is 15.7. The van der Waals surface area contributed by atoms with E-state index in [9.17, 15) is 13.2 Å². The highest BCUT2D eigenvalue weighted by molar-refractivity contribution is 6.17. The summed E-state index contributed by atoms with van der Waals surface area (Å²) >= 11 is 4.94. The van der Waals surface area contributed by atoms with E-state index in [1.165, 1.54) is 0 Å². The fraction of sp³-hybridized carbons (Fsp3) is 1.00. The van der Waals surface area contributed by atoms with Gasteiger partial charge in [0.1, 0.15) is 0 Å². The molecular formula is C4H6ClF3O. The van der Waals surface area contributed by atoms with E-state index in [1.54, 1.807) is 0 Å². The molecular weight excluding hydrogens is 156 g/mol. The van der Waals surface area contributed by atoms with Gasteiger partial charge in [0.25, 0.3) is 0 Å². The lowest BCUT2D eigenvalue weighted by Crippen LogP contribution is -2.28. The smallest absolute Gasteiger partial charge is 0.384 e. The standard InChI is InChI=1S/C4H6ClF3O/c5-2-1-3(9)4(6,7)8/h3,9H,1-2H2. The molecule has 1 atom stereocenters. The Kier molecular flexibility index (Phi) is 3.28. The van der Waals surface area contributed by atoms with Crippen LogP contribution >= 0.6 is 11.6 Å². The van der Waals surface area contributed by atoms with Gasteiger partial charge in [0.05, 0.1) is 0 Å². The van der Waals surface area contributed by atoms with Gasteiger partial charge in [-0.1, -0.05) is 0 Å². The molecule has 5 heteroatoms. The SMILES string of the molecule is OC(CCCl)C(F)(F)F. The largest absolute Gasteiger partial charge is 0.414 e. The van der Waals surface area contributed by atoms with Crippen LogP contribution in [0.25, 0.3) is 0 Å². The van der Waals surface area contributed by atoms with E-state index in [2.05, 4.69) is 0 Å². The molecule has 1 N–H and O–H groups in total. The summed E-state index contributed by atoms with van der Waals surface area (Å²) in [5, 5.41) is 8.18. The molecule has 0 aliphatic rings. The minimum absolute atomic E-state index is 0.180. The Labute approximate surface area is 55.4 Å². The Hall–Kier alpha value is 0.0400. The van der Waals surface area contributed by atoms with Crippen LogP contribution in [0.15, 0.2) is 0 Å². The third kappa shape index (κ3) is 3.59. The van der Waals surface area contributed by atoms with E-state index in [0.717, 1.165) is 0 Å². The molecule has 0 radical (unpaired) electrons. The quantitative estimate of drug-likeness (QED) is 0.611. The van der Waals surface area contributed by atoms with Crippen molar-refractivity contribution in [3.05, 3.63) is 0 Å². The molecule has 0 aromatic heterocycles. The van der Waals surface area contributed by atoms with Crippen LogP contribution in [0.5, 0.6) is 0 Å². The molecule has 1 nitrogen and oxygen atoms in total. The summed E-state index contributed by atoms with van der Waals surface area (Å²) in [7, 11) is 0. The van der Waals surface area contributed by atoms with E-state index < -0.39 is 18.7 Å². The maximum Gasteiger partial charge on any atom is 0.414 e. The molecule has 0 aliphatic heterocycles. The van der Waals surface area contributed by atoms with Crippen molar-refractivity contribution in [3.8, 4) is 0 Å². The van der Waals surface area contributed by atoms with Gasteiger partial charge in [-0.25, -0.2) is 0 Å². The zero-order valence-electron chi connectivity index (χ0n) is 4.45. The number of hydrogen-bond donors (Lipinski definition) is 1. The average molecular weight is 163 g/mol. The summed E-state index contributed by atoms with van der Waals surface area (Å²) in [6, 6.07) is 0. The number of halogens is 4. The van der Waals surface area contributed by atoms with Crippen LogP contribution in [0.1, 0.15) is 6.42 Å². The summed E-state index contributed by atoms with van der Waals surface area (Å²) in [5.74, 6) is -0.180. The van der Waals surface area contributed by atoms with Crippen molar-refractivity contribution >= 4 is 11.6 Å². The molecule has 0 aromatic carbocycles. The molecule has 56 valence electrons. The monoisotopic (exact) mass is 162 g/mol. The van der Waals surface area contributed by atoms with Gasteiger partial charge in [-0.3, -0.25) is 0 Å². The van der Waals surface area contributed by atoms with Crippen LogP contribution in [0.3, 0.4) is 0 Å². The lowest BCUT2D eigenvalue weighted by atomic mass is 10.3. The molecule has 1 unspecified atom stereocenters. The second kappa shape index (κ2) is 3.27. The number of hydrogen-bond acceptors (Lipinski definition) is 1. The molecule has 0 bridgehead atoms. The first-order valence-electron chi connectivity index (χ1n) is 2.29. The van der Waals surface area contributed by atoms with Crippen LogP contribution < -0.4 is 0 Å². The van der Waals surface area contributed by atoms with E-state index in [0.29, 0.717) is 0 Å². The highest BCUT2D eigenvalue weighted by Crippen LogP contribution is 2.22. The van der Waals surface area contributed by atoms with Crippen molar-refractivity contribution < 1.29 is 18.3 Å². The van der Waals surface area contributed by atoms with E-state index >= 15 is 0 Å². The molecule has 0 aromatic rings. The minimum Gasteiger partial charge on any atom is -0.384 e. The zero-order valence-corrected chi connectivity index (χ0v) is 5.21. The molecule has 0 rings (SSSR count). The van der Waals surface area contributed by atoms with Gasteiger partial charge in [-0.05, 0) is 6.42 Å². The van der Waals surface area contributed by atoms with Crippen molar-refractivity contribution in [1.82, 2.24) is 0 Å². The third-order valence-electron chi connectivity index (χ3n) is 0.760. The highest BCUT2D eigenvalue weighted by atomic mass is 35.5. The van der Waals surface area contributed by atoms with Gasteiger partial charge < -0.3 is 5.11 Å². The summed E-state index contributed by atoms with van der Waals surface area (Å²) in [4.78, 5) is 0. The third-order valence-corrected chi connectivity index (χ3v) is 0.979. The van der Waals surface area contributed by atoms with Crippen molar-refractivity contribution in [2.45, 2.75) is 18.7 Å². The Morgan fingerprint density at radius 2 is 1.89 bits per heavy atom. The summed E-state index contributed by atoms with van der Waals surface area (Å²) in [6.45, 7) is 0. The lowest BCUT2D eigenvalue weighted by Gasteiger charge is -2.11. The molecule has 9 heavy (non-hydrogen) atoms. The first kappa shape index (κ1) is 9.04. The Morgan fingerprint density at radius 1 is 1.44 bits per heavy atom. The van der Waals surface area contributed by atoms with Crippen LogP contribution in [-0.4, -0.2) is 23.3 Å². The highest BCUT2D eigenvalue weighted by Gasteiger charge is 2.37. The summed E-state index contributed by atoms with van der Waals surface area (Å²) < 4.78 is 34.0. The van der Waals surface area contributed by atoms with Crippen LogP contribution in [0.4, 0.5) is 13.2 Å². The summed E-state index contributed by atoms with van der Waals surface area (Å²) in [5.41, 5.74) is 0. The van der Waals surface area contributed by atoms with Gasteiger partial charge in [-0.2, -0.15) is 13.2 Å². The van der Waals surface area contributed by atoms with Crippen LogP contribution in [-0.2, 0) is 0 Å². The molecule has 0 heterocycles. The number of rotatable bonds is 2. The molecule has 0 aliphatic carbocycles. The molecule has 0 amide bonds. The Morgan fingerprint density at radius 3 is 2.00 bits per heavy atom. The number of aliphatic hydroxyl groups is 1. The molecule has 0 saturated heterocycles. The maximum atomic E-state index is 11.3. The van der Waals surface area contributed by atoms with Crippen LogP contribution in [0.2, 0.25) is 0 Å². The molecule has 0 spiro atoms. The van der Waals surface area contributed by atoms with Gasteiger partial charge in [0, 0.05) is 5.88 Å². The van der Waals surface area contributed by atoms with Crippen molar-refractivity contribution in [2.75, 3.05) is 5.88 Å². The Bertz CT molecular complexity index is 82.4. The fourth-order valence-corrected chi connectivity index (χ4v) is 0.474. The van der Waals surface area contributed by atoms with Gasteiger partial charge >= 0.3 is 6.18 Å². The minimum atomic E-state index is -4.52. The fourth-order valence-electron chi connectivity index (χ4n) is 0.267. The van der Waals surface area contributed by atoms with Crippen molar-refractivity contribution in [3.63, 3.8) is 0 Å². The van der Waals surface area contributed by atoms with Gasteiger partial charge in [0.2, 0.25) is 0 Å². The van der Waals surface area contributed by atoms with E-state index in [4.69, 9.17) is 16.7 Å². The van der Waals surface area contributed by atoms with Crippen LogP contribution in [0, 0.1) is 0 Å².